The van der Waals surface area contributed by atoms with Gasteiger partial charge in [0.25, 0.3) is 0 Å². The maximum Gasteiger partial charge on any atom is 0.318 e. The van der Waals surface area contributed by atoms with Gasteiger partial charge in [-0.15, -0.1) is 0 Å². The number of likely N-dealkylation sites (tertiary alicyclic amines) is 1. The second-order valence-electron chi connectivity index (χ2n) is 10.9. The van der Waals surface area contributed by atoms with Crippen LogP contribution in [0.5, 0.6) is 0 Å². The van der Waals surface area contributed by atoms with Crippen molar-refractivity contribution in [1.29, 1.82) is 0 Å². The summed E-state index contributed by atoms with van der Waals surface area (Å²) in [4.78, 5) is 42.1. The van der Waals surface area contributed by atoms with E-state index in [4.69, 9.17) is 4.74 Å². The molecule has 37 heavy (non-hydrogen) atoms. The van der Waals surface area contributed by atoms with Crippen molar-refractivity contribution in [1.82, 2.24) is 10.2 Å². The average molecular weight is 503 g/mol. The highest BCUT2D eigenvalue weighted by molar-refractivity contribution is 5.93. The molecule has 1 saturated carbocycles. The van der Waals surface area contributed by atoms with Crippen LogP contribution in [0.2, 0.25) is 0 Å². The van der Waals surface area contributed by atoms with Crippen molar-refractivity contribution in [3.05, 3.63) is 59.8 Å². The molecule has 2 aromatic carbocycles. The zero-order chi connectivity index (χ0) is 25.8. The zero-order valence-electron chi connectivity index (χ0n) is 21.8. The molecule has 2 amide bonds. The maximum atomic E-state index is 13.9. The Balaban J connectivity index is 1.40. The summed E-state index contributed by atoms with van der Waals surface area (Å²) in [6.07, 6.45) is 9.83. The van der Waals surface area contributed by atoms with Gasteiger partial charge in [-0.25, -0.2) is 0 Å². The van der Waals surface area contributed by atoms with Gasteiger partial charge in [0.15, 0.2) is 0 Å². The Labute approximate surface area is 219 Å². The summed E-state index contributed by atoms with van der Waals surface area (Å²) in [5.41, 5.74) is 0.908. The van der Waals surface area contributed by atoms with Crippen LogP contribution < -0.4 is 5.32 Å². The normalized spacial score (nSPS) is 24.0. The molecule has 2 aliphatic carbocycles. The van der Waals surface area contributed by atoms with Crippen LogP contribution >= 0.6 is 0 Å². The molecule has 1 heterocycles. The van der Waals surface area contributed by atoms with E-state index in [1.54, 1.807) is 4.90 Å². The molecule has 6 nitrogen and oxygen atoms in total. The lowest BCUT2D eigenvalue weighted by Crippen LogP contribution is -2.52. The summed E-state index contributed by atoms with van der Waals surface area (Å²) in [5.74, 6) is -0.479. The molecule has 1 aliphatic heterocycles. The fourth-order valence-corrected chi connectivity index (χ4v) is 6.63. The first-order chi connectivity index (χ1) is 18.0. The Morgan fingerprint density at radius 1 is 1.08 bits per heavy atom. The van der Waals surface area contributed by atoms with E-state index < -0.39 is 11.3 Å². The van der Waals surface area contributed by atoms with Gasteiger partial charge in [0.1, 0.15) is 5.41 Å². The summed E-state index contributed by atoms with van der Waals surface area (Å²) in [7, 11) is 0. The molecule has 6 heteroatoms. The molecule has 0 bridgehead atoms. The third-order valence-electron chi connectivity index (χ3n) is 8.52. The van der Waals surface area contributed by atoms with Crippen molar-refractivity contribution in [2.45, 2.75) is 71.3 Å². The number of benzene rings is 2. The Kier molecular flexibility index (Phi) is 7.63. The van der Waals surface area contributed by atoms with Crippen molar-refractivity contribution in [2.24, 2.45) is 17.3 Å². The second kappa shape index (κ2) is 11.1. The highest BCUT2D eigenvalue weighted by Gasteiger charge is 2.55. The van der Waals surface area contributed by atoms with Gasteiger partial charge < -0.3 is 15.0 Å². The number of esters is 1. The summed E-state index contributed by atoms with van der Waals surface area (Å²) in [6.45, 7) is 3.14. The third kappa shape index (κ3) is 5.16. The predicted octanol–water partition coefficient (Wildman–Crippen LogP) is 5.50. The van der Waals surface area contributed by atoms with Crippen LogP contribution in [-0.4, -0.2) is 35.8 Å². The molecule has 3 aliphatic rings. The van der Waals surface area contributed by atoms with Gasteiger partial charge in [-0.3, -0.25) is 14.4 Å². The van der Waals surface area contributed by atoms with Gasteiger partial charge in [-0.2, -0.15) is 0 Å². The van der Waals surface area contributed by atoms with Crippen LogP contribution in [0.1, 0.15) is 70.3 Å². The number of allylic oxidation sites excluding steroid dienone is 1. The molecular weight excluding hydrogens is 464 g/mol. The van der Waals surface area contributed by atoms with E-state index in [9.17, 15) is 14.4 Å². The van der Waals surface area contributed by atoms with Gasteiger partial charge in [-0.1, -0.05) is 67.8 Å². The van der Waals surface area contributed by atoms with E-state index in [0.717, 1.165) is 34.9 Å². The van der Waals surface area contributed by atoms with E-state index in [1.807, 2.05) is 37.3 Å². The number of nitrogens with one attached hydrogen (secondary N) is 1. The highest BCUT2D eigenvalue weighted by atomic mass is 16.5. The Morgan fingerprint density at radius 2 is 1.86 bits per heavy atom. The number of rotatable bonds is 8. The predicted molar refractivity (Wildman–Crippen MR) is 143 cm³/mol. The molecule has 0 radical (unpaired) electrons. The Bertz CT molecular complexity index is 1190. The van der Waals surface area contributed by atoms with Crippen LogP contribution in [0.15, 0.2) is 54.2 Å². The minimum Gasteiger partial charge on any atom is -0.465 e. The molecule has 0 aromatic heterocycles. The smallest absolute Gasteiger partial charge is 0.318 e. The van der Waals surface area contributed by atoms with Crippen LogP contribution in [0, 0.1) is 17.3 Å². The molecule has 5 rings (SSSR count). The number of hydrogen-bond donors (Lipinski definition) is 1. The number of amides is 2. The number of fused-ring (bicyclic) bond motifs is 2. The van der Waals surface area contributed by atoms with Crippen LogP contribution in [0.3, 0.4) is 0 Å². The lowest BCUT2D eigenvalue weighted by atomic mass is 9.71. The molecule has 1 saturated heterocycles. The van der Waals surface area contributed by atoms with E-state index in [1.165, 1.54) is 19.3 Å². The minimum atomic E-state index is -0.872. The van der Waals surface area contributed by atoms with E-state index in [2.05, 4.69) is 23.5 Å². The van der Waals surface area contributed by atoms with Gasteiger partial charge in [-0.05, 0) is 61.3 Å². The van der Waals surface area contributed by atoms with Crippen molar-refractivity contribution in [3.8, 4) is 0 Å². The van der Waals surface area contributed by atoms with E-state index in [0.29, 0.717) is 38.3 Å². The first-order valence-electron chi connectivity index (χ1n) is 13.9. The zero-order valence-corrected chi connectivity index (χ0v) is 21.8. The largest absolute Gasteiger partial charge is 0.465 e. The standard InChI is InChI=1S/C31H38N2O4/c1-2-37-30(36)31-17-9-16-27(31)33(21-24-14-8-13-23-12-6-7-15-26(23)24)29(35)25(19-31)18-28(34)32-20-22-10-4-3-5-11-22/h6-8,12-16,22,25H,2-5,9-11,17-21H2,1H3,(H,32,34)/t25-,31+/m1/s1. The average Bonchev–Trinajstić information content (AvgIpc) is 3.35. The molecule has 196 valence electrons. The van der Waals surface area contributed by atoms with Crippen molar-refractivity contribution in [2.75, 3.05) is 13.2 Å². The number of carbonyl (C=O) groups excluding carboxylic acids is 3. The minimum absolute atomic E-state index is 0.0752. The SMILES string of the molecule is CCOC(=O)[C@]12CCC=C1N(Cc1cccc3ccccc13)C(=O)[C@H](CC(=O)NCC1CCCCC1)C2. The van der Waals surface area contributed by atoms with Crippen LogP contribution in [0.4, 0.5) is 0 Å². The number of carbonyl (C=O) groups is 3. The van der Waals surface area contributed by atoms with Crippen molar-refractivity contribution >= 4 is 28.6 Å². The number of hydrogen-bond acceptors (Lipinski definition) is 4. The summed E-state index contributed by atoms with van der Waals surface area (Å²) in [6, 6.07) is 14.2. The fourth-order valence-electron chi connectivity index (χ4n) is 6.63. The first kappa shape index (κ1) is 25.5. The molecule has 2 atom stereocenters. The Morgan fingerprint density at radius 3 is 2.68 bits per heavy atom. The quantitative estimate of drug-likeness (QED) is 0.484. The molecule has 1 N–H and O–H groups in total. The van der Waals surface area contributed by atoms with Gasteiger partial charge in [0, 0.05) is 24.6 Å². The monoisotopic (exact) mass is 502 g/mol. The van der Waals surface area contributed by atoms with Gasteiger partial charge in [0.2, 0.25) is 11.8 Å². The van der Waals surface area contributed by atoms with Crippen molar-refractivity contribution < 1.29 is 19.1 Å². The van der Waals surface area contributed by atoms with Crippen molar-refractivity contribution in [3.63, 3.8) is 0 Å². The van der Waals surface area contributed by atoms with E-state index in [-0.39, 0.29) is 30.8 Å². The highest BCUT2D eigenvalue weighted by Crippen LogP contribution is 2.51. The topological polar surface area (TPSA) is 75.7 Å². The number of piperidine rings is 1. The Hall–Kier alpha value is -3.15. The van der Waals surface area contributed by atoms with Crippen LogP contribution in [0.25, 0.3) is 10.8 Å². The summed E-state index contributed by atoms with van der Waals surface area (Å²) < 4.78 is 5.55. The van der Waals surface area contributed by atoms with Gasteiger partial charge in [0.05, 0.1) is 13.2 Å². The summed E-state index contributed by atoms with van der Waals surface area (Å²) >= 11 is 0. The molecule has 2 aromatic rings. The lowest BCUT2D eigenvalue weighted by Gasteiger charge is -2.44. The lowest BCUT2D eigenvalue weighted by molar-refractivity contribution is -0.161. The first-order valence-corrected chi connectivity index (χ1v) is 13.9. The molecule has 0 spiro atoms. The molecule has 0 unspecified atom stereocenters. The third-order valence-corrected chi connectivity index (χ3v) is 8.52. The molecule has 2 fully saturated rings. The summed E-state index contributed by atoms with van der Waals surface area (Å²) in [5, 5.41) is 5.29. The van der Waals surface area contributed by atoms with Crippen LogP contribution in [-0.2, 0) is 25.7 Å². The second-order valence-corrected chi connectivity index (χ2v) is 10.9. The van der Waals surface area contributed by atoms with Gasteiger partial charge >= 0.3 is 5.97 Å². The fraction of sp³-hybridized carbons (Fsp3) is 0.516. The molecular formula is C31H38N2O4. The van der Waals surface area contributed by atoms with E-state index >= 15 is 0 Å². The number of ether oxygens (including phenoxy) is 1. The maximum absolute atomic E-state index is 13.9. The number of nitrogens with zero attached hydrogens (tertiary/aromatic N) is 1.